The Hall–Kier alpha value is -1.58. The van der Waals surface area contributed by atoms with Crippen molar-refractivity contribution in [1.29, 1.82) is 0 Å². The fourth-order valence-electron chi connectivity index (χ4n) is 1.13. The predicted octanol–water partition coefficient (Wildman–Crippen LogP) is 1.13. The summed E-state index contributed by atoms with van der Waals surface area (Å²) in [7, 11) is 5.20. The van der Waals surface area contributed by atoms with Crippen molar-refractivity contribution >= 4 is 11.6 Å². The van der Waals surface area contributed by atoms with Gasteiger partial charge in [-0.1, -0.05) is 0 Å². The lowest BCUT2D eigenvalue weighted by Gasteiger charge is -2.13. The Labute approximate surface area is 83.9 Å². The molecule has 1 aromatic rings. The second kappa shape index (κ2) is 4.09. The first-order chi connectivity index (χ1) is 6.56. The van der Waals surface area contributed by atoms with E-state index in [1.807, 2.05) is 19.1 Å². The summed E-state index contributed by atoms with van der Waals surface area (Å²) < 4.78 is 0. The van der Waals surface area contributed by atoms with Gasteiger partial charge in [0.15, 0.2) is 5.69 Å². The van der Waals surface area contributed by atoms with Crippen molar-refractivity contribution in [1.82, 2.24) is 9.88 Å². The number of nitrogens with one attached hydrogen (secondary N) is 1. The van der Waals surface area contributed by atoms with Crippen LogP contribution in [0.1, 0.15) is 16.2 Å². The first kappa shape index (κ1) is 10.5. The number of rotatable bonds is 2. The summed E-state index contributed by atoms with van der Waals surface area (Å²) in [6.45, 7) is 1.87. The molecule has 14 heavy (non-hydrogen) atoms. The highest BCUT2D eigenvalue weighted by Crippen LogP contribution is 2.14. The first-order valence-corrected chi connectivity index (χ1v) is 4.43. The molecule has 0 spiro atoms. The zero-order valence-electron chi connectivity index (χ0n) is 8.96. The van der Waals surface area contributed by atoms with Gasteiger partial charge >= 0.3 is 0 Å². The third-order valence-corrected chi connectivity index (χ3v) is 1.91. The molecular weight excluding hydrogens is 178 g/mol. The van der Waals surface area contributed by atoms with Gasteiger partial charge in [0.25, 0.3) is 5.91 Å². The van der Waals surface area contributed by atoms with Crippen molar-refractivity contribution in [3.05, 3.63) is 23.5 Å². The number of amides is 1. The van der Waals surface area contributed by atoms with E-state index in [0.717, 1.165) is 11.4 Å². The number of anilines is 1. The van der Waals surface area contributed by atoms with Crippen LogP contribution < -0.4 is 5.32 Å². The Kier molecular flexibility index (Phi) is 3.06. The minimum absolute atomic E-state index is 0.0851. The zero-order chi connectivity index (χ0) is 10.7. The molecule has 0 aliphatic rings. The van der Waals surface area contributed by atoms with Gasteiger partial charge in [-0.25, -0.2) is 4.98 Å². The predicted molar refractivity (Wildman–Crippen MR) is 56.5 cm³/mol. The number of carbonyl (C=O) groups excluding carboxylic acids is 1. The summed E-state index contributed by atoms with van der Waals surface area (Å²) in [4.78, 5) is 17.4. The Morgan fingerprint density at radius 3 is 2.57 bits per heavy atom. The van der Waals surface area contributed by atoms with E-state index in [1.165, 1.54) is 4.90 Å². The lowest BCUT2D eigenvalue weighted by Crippen LogP contribution is -2.24. The molecule has 1 heterocycles. The van der Waals surface area contributed by atoms with Crippen molar-refractivity contribution < 1.29 is 4.79 Å². The highest BCUT2D eigenvalue weighted by Gasteiger charge is 2.14. The fraction of sp³-hybridized carbons (Fsp3) is 0.400. The summed E-state index contributed by atoms with van der Waals surface area (Å²) in [6, 6.07) is 3.73. The van der Waals surface area contributed by atoms with E-state index in [1.54, 1.807) is 21.1 Å². The fourth-order valence-corrected chi connectivity index (χ4v) is 1.13. The molecule has 0 saturated carbocycles. The van der Waals surface area contributed by atoms with Gasteiger partial charge in [-0.15, -0.1) is 0 Å². The number of hydrogen-bond donors (Lipinski definition) is 1. The standard InChI is InChI=1S/C10H15N3O/c1-7-5-6-8(11-2)9(12-7)10(14)13(3)4/h5-6,11H,1-4H3. The van der Waals surface area contributed by atoms with Gasteiger partial charge in [0, 0.05) is 26.8 Å². The molecular formula is C10H15N3O. The van der Waals surface area contributed by atoms with Crippen LogP contribution >= 0.6 is 0 Å². The number of carbonyl (C=O) groups is 1. The number of nitrogens with zero attached hydrogens (tertiary/aromatic N) is 2. The summed E-state index contributed by atoms with van der Waals surface area (Å²) in [5, 5.41) is 2.95. The molecule has 1 N–H and O–H groups in total. The second-order valence-electron chi connectivity index (χ2n) is 3.30. The molecule has 76 valence electrons. The number of aryl methyl sites for hydroxylation is 1. The van der Waals surface area contributed by atoms with Gasteiger partial charge in [0.2, 0.25) is 0 Å². The minimum Gasteiger partial charge on any atom is -0.386 e. The van der Waals surface area contributed by atoms with Crippen molar-refractivity contribution in [2.75, 3.05) is 26.5 Å². The van der Waals surface area contributed by atoms with Crippen LogP contribution in [0.3, 0.4) is 0 Å². The largest absolute Gasteiger partial charge is 0.386 e. The zero-order valence-corrected chi connectivity index (χ0v) is 8.96. The van der Waals surface area contributed by atoms with Crippen LogP contribution in [0.5, 0.6) is 0 Å². The average molecular weight is 193 g/mol. The maximum Gasteiger partial charge on any atom is 0.274 e. The summed E-state index contributed by atoms with van der Waals surface area (Å²) >= 11 is 0. The smallest absolute Gasteiger partial charge is 0.274 e. The molecule has 0 fully saturated rings. The van der Waals surface area contributed by atoms with Crippen LogP contribution in [0.2, 0.25) is 0 Å². The Morgan fingerprint density at radius 1 is 1.43 bits per heavy atom. The van der Waals surface area contributed by atoms with Crippen LogP contribution in [0.25, 0.3) is 0 Å². The normalized spacial score (nSPS) is 9.71. The highest BCUT2D eigenvalue weighted by molar-refractivity contribution is 5.97. The van der Waals surface area contributed by atoms with Gasteiger partial charge in [-0.3, -0.25) is 4.79 Å². The Bertz CT molecular complexity index is 347. The van der Waals surface area contributed by atoms with Crippen LogP contribution in [-0.2, 0) is 0 Å². The van der Waals surface area contributed by atoms with Gasteiger partial charge < -0.3 is 10.2 Å². The third-order valence-electron chi connectivity index (χ3n) is 1.91. The Morgan fingerprint density at radius 2 is 2.07 bits per heavy atom. The molecule has 0 unspecified atom stereocenters. The molecule has 1 amide bonds. The Balaban J connectivity index is 3.17. The van der Waals surface area contributed by atoms with Crippen LogP contribution in [0.15, 0.2) is 12.1 Å². The maximum absolute atomic E-state index is 11.7. The van der Waals surface area contributed by atoms with Crippen LogP contribution in [0.4, 0.5) is 5.69 Å². The van der Waals surface area contributed by atoms with E-state index in [-0.39, 0.29) is 5.91 Å². The molecule has 0 bridgehead atoms. The number of hydrogen-bond acceptors (Lipinski definition) is 3. The summed E-state index contributed by atoms with van der Waals surface area (Å²) in [5.74, 6) is -0.0851. The van der Waals surface area contributed by atoms with Gasteiger partial charge in [-0.05, 0) is 19.1 Å². The van der Waals surface area contributed by atoms with Crippen molar-refractivity contribution in [2.45, 2.75) is 6.92 Å². The van der Waals surface area contributed by atoms with Gasteiger partial charge in [-0.2, -0.15) is 0 Å². The van der Waals surface area contributed by atoms with E-state index in [4.69, 9.17) is 0 Å². The average Bonchev–Trinajstić information content (AvgIpc) is 2.16. The lowest BCUT2D eigenvalue weighted by atomic mass is 10.2. The molecule has 1 rings (SSSR count). The molecule has 4 heteroatoms. The van der Waals surface area contributed by atoms with Crippen LogP contribution in [-0.4, -0.2) is 36.9 Å². The van der Waals surface area contributed by atoms with E-state index < -0.39 is 0 Å². The van der Waals surface area contributed by atoms with Crippen LogP contribution in [0, 0.1) is 6.92 Å². The van der Waals surface area contributed by atoms with E-state index in [9.17, 15) is 4.79 Å². The molecule has 4 nitrogen and oxygen atoms in total. The topological polar surface area (TPSA) is 45.2 Å². The molecule has 0 aliphatic carbocycles. The summed E-state index contributed by atoms with van der Waals surface area (Å²) in [5.41, 5.74) is 2.07. The minimum atomic E-state index is -0.0851. The molecule has 1 aromatic heterocycles. The molecule has 0 radical (unpaired) electrons. The third kappa shape index (κ3) is 2.02. The molecule has 0 saturated heterocycles. The first-order valence-electron chi connectivity index (χ1n) is 4.43. The van der Waals surface area contributed by atoms with E-state index >= 15 is 0 Å². The van der Waals surface area contributed by atoms with Crippen molar-refractivity contribution in [3.63, 3.8) is 0 Å². The molecule has 0 aromatic carbocycles. The highest BCUT2D eigenvalue weighted by atomic mass is 16.2. The molecule has 0 aliphatic heterocycles. The van der Waals surface area contributed by atoms with Crippen molar-refractivity contribution in [3.8, 4) is 0 Å². The van der Waals surface area contributed by atoms with Crippen molar-refractivity contribution in [2.24, 2.45) is 0 Å². The van der Waals surface area contributed by atoms with E-state index in [2.05, 4.69) is 10.3 Å². The SMILES string of the molecule is CNc1ccc(C)nc1C(=O)N(C)C. The second-order valence-corrected chi connectivity index (χ2v) is 3.30. The molecule has 0 atom stereocenters. The van der Waals surface area contributed by atoms with Gasteiger partial charge in [0.1, 0.15) is 0 Å². The summed E-state index contributed by atoms with van der Waals surface area (Å²) in [6.07, 6.45) is 0. The van der Waals surface area contributed by atoms with E-state index in [0.29, 0.717) is 5.69 Å². The van der Waals surface area contributed by atoms with Gasteiger partial charge in [0.05, 0.1) is 5.69 Å². The quantitative estimate of drug-likeness (QED) is 0.766. The lowest BCUT2D eigenvalue weighted by molar-refractivity contribution is 0.0823. The number of pyridine rings is 1. The maximum atomic E-state index is 11.7. The monoisotopic (exact) mass is 193 g/mol. The number of aromatic nitrogens is 1.